The lowest BCUT2D eigenvalue weighted by Crippen LogP contribution is -2.33. The summed E-state index contributed by atoms with van der Waals surface area (Å²) in [6.07, 6.45) is 5.18. The molecule has 1 aliphatic carbocycles. The molecule has 1 aromatic heterocycles. The third-order valence-corrected chi connectivity index (χ3v) is 6.30. The molecule has 1 aliphatic heterocycles. The fourth-order valence-electron chi connectivity index (χ4n) is 4.27. The van der Waals surface area contributed by atoms with Gasteiger partial charge in [-0.05, 0) is 79.4 Å². The van der Waals surface area contributed by atoms with Crippen molar-refractivity contribution in [3.05, 3.63) is 94.6 Å². The standard InChI is InChI=1S/C26H24N2O3S/c1-17(18-6-3-2-4-7-18)28-25(29)24(27-26(28)32)15-22-12-13-23(31-22)16-30-21-11-10-19-8-5-9-20(19)14-21/h2-4,6-7,10-15,17H,5,8-9,16H2,1H3,(H,27,32)/b24-15-/t17-/m1/s1. The van der Waals surface area contributed by atoms with Gasteiger partial charge in [0.15, 0.2) is 5.11 Å². The highest BCUT2D eigenvalue weighted by Crippen LogP contribution is 2.28. The van der Waals surface area contributed by atoms with Crippen molar-refractivity contribution in [1.82, 2.24) is 10.2 Å². The van der Waals surface area contributed by atoms with Crippen molar-refractivity contribution in [2.75, 3.05) is 0 Å². The van der Waals surface area contributed by atoms with Crippen LogP contribution in [0.5, 0.6) is 5.75 Å². The highest BCUT2D eigenvalue weighted by molar-refractivity contribution is 7.80. The topological polar surface area (TPSA) is 54.7 Å². The maximum absolute atomic E-state index is 13.0. The monoisotopic (exact) mass is 444 g/mol. The lowest BCUT2D eigenvalue weighted by Gasteiger charge is -2.23. The lowest BCUT2D eigenvalue weighted by atomic mass is 10.1. The fourth-order valence-corrected chi connectivity index (χ4v) is 4.62. The summed E-state index contributed by atoms with van der Waals surface area (Å²) in [6, 6.07) is 19.7. The number of rotatable bonds is 6. The highest BCUT2D eigenvalue weighted by atomic mass is 32.1. The molecule has 1 fully saturated rings. The highest BCUT2D eigenvalue weighted by Gasteiger charge is 2.35. The summed E-state index contributed by atoms with van der Waals surface area (Å²) >= 11 is 5.42. The number of carbonyl (C=O) groups is 1. The Bertz CT molecular complexity index is 1200. The summed E-state index contributed by atoms with van der Waals surface area (Å²) in [6.45, 7) is 2.30. The van der Waals surface area contributed by atoms with Crippen LogP contribution in [-0.4, -0.2) is 15.9 Å². The first-order valence-electron chi connectivity index (χ1n) is 10.8. The fraction of sp³-hybridized carbons (Fsp3) is 0.231. The second-order valence-corrected chi connectivity index (χ2v) is 8.51. The van der Waals surface area contributed by atoms with Crippen molar-refractivity contribution in [3.63, 3.8) is 0 Å². The van der Waals surface area contributed by atoms with Crippen LogP contribution in [-0.2, 0) is 24.2 Å². The number of amides is 1. The predicted molar refractivity (Wildman–Crippen MR) is 127 cm³/mol. The van der Waals surface area contributed by atoms with Gasteiger partial charge >= 0.3 is 0 Å². The molecule has 0 saturated carbocycles. The van der Waals surface area contributed by atoms with E-state index in [-0.39, 0.29) is 11.9 Å². The van der Waals surface area contributed by atoms with Gasteiger partial charge in [0.2, 0.25) is 0 Å². The molecular formula is C26H24N2O3S. The van der Waals surface area contributed by atoms with Crippen molar-refractivity contribution in [2.45, 2.75) is 38.8 Å². The average Bonchev–Trinajstić information content (AvgIpc) is 3.52. The molecule has 0 bridgehead atoms. The molecule has 2 aromatic carbocycles. The molecule has 2 heterocycles. The Labute approximate surface area is 192 Å². The van der Waals surface area contributed by atoms with Crippen LogP contribution in [0, 0.1) is 0 Å². The van der Waals surface area contributed by atoms with Gasteiger partial charge in [0.25, 0.3) is 5.91 Å². The van der Waals surface area contributed by atoms with Crippen molar-refractivity contribution >= 4 is 29.3 Å². The van der Waals surface area contributed by atoms with E-state index in [2.05, 4.69) is 17.4 Å². The number of thiocarbonyl (C=S) groups is 1. The third kappa shape index (κ3) is 4.06. The van der Waals surface area contributed by atoms with E-state index in [1.807, 2.05) is 55.5 Å². The van der Waals surface area contributed by atoms with Gasteiger partial charge in [-0.25, -0.2) is 0 Å². The molecule has 1 N–H and O–H groups in total. The maximum Gasteiger partial charge on any atom is 0.277 e. The third-order valence-electron chi connectivity index (χ3n) is 6.00. The van der Waals surface area contributed by atoms with Gasteiger partial charge in [-0.2, -0.15) is 0 Å². The molecule has 3 aromatic rings. The van der Waals surface area contributed by atoms with Gasteiger partial charge in [0.1, 0.15) is 29.6 Å². The van der Waals surface area contributed by atoms with Gasteiger partial charge < -0.3 is 14.5 Å². The number of benzene rings is 2. The summed E-state index contributed by atoms with van der Waals surface area (Å²) in [7, 11) is 0. The quantitative estimate of drug-likeness (QED) is 0.420. The predicted octanol–water partition coefficient (Wildman–Crippen LogP) is 5.17. The number of carbonyl (C=O) groups excluding carboxylic acids is 1. The first kappa shape index (κ1) is 20.5. The molecule has 162 valence electrons. The lowest BCUT2D eigenvalue weighted by molar-refractivity contribution is -0.123. The molecule has 0 spiro atoms. The zero-order chi connectivity index (χ0) is 22.1. The normalized spacial score (nSPS) is 17.5. The molecule has 1 atom stereocenters. The SMILES string of the molecule is C[C@H](c1ccccc1)N1C(=O)/C(=C/c2ccc(COc3ccc4c(c3)CCC4)o2)NC1=S. The van der Waals surface area contributed by atoms with Crippen molar-refractivity contribution in [1.29, 1.82) is 0 Å². The molecule has 0 radical (unpaired) electrons. The van der Waals surface area contributed by atoms with Gasteiger partial charge in [0.05, 0.1) is 6.04 Å². The van der Waals surface area contributed by atoms with E-state index in [4.69, 9.17) is 21.4 Å². The number of nitrogens with one attached hydrogen (secondary N) is 1. The van der Waals surface area contributed by atoms with E-state index >= 15 is 0 Å². The number of furan rings is 1. The molecule has 0 unspecified atom stereocenters. The maximum atomic E-state index is 13.0. The van der Waals surface area contributed by atoms with E-state index in [1.165, 1.54) is 17.5 Å². The van der Waals surface area contributed by atoms with E-state index in [1.54, 1.807) is 11.0 Å². The summed E-state index contributed by atoms with van der Waals surface area (Å²) in [5.74, 6) is 1.95. The van der Waals surface area contributed by atoms with E-state index < -0.39 is 0 Å². The summed E-state index contributed by atoms with van der Waals surface area (Å²) in [5.41, 5.74) is 4.23. The zero-order valence-electron chi connectivity index (χ0n) is 17.8. The van der Waals surface area contributed by atoms with Crippen LogP contribution in [0.15, 0.2) is 70.8 Å². The molecule has 1 saturated heterocycles. The van der Waals surface area contributed by atoms with E-state index in [0.717, 1.165) is 24.2 Å². The smallest absolute Gasteiger partial charge is 0.277 e. The molecule has 5 nitrogen and oxygen atoms in total. The van der Waals surface area contributed by atoms with Gasteiger partial charge in [-0.1, -0.05) is 36.4 Å². The summed E-state index contributed by atoms with van der Waals surface area (Å²) in [4.78, 5) is 14.6. The minimum atomic E-state index is -0.168. The van der Waals surface area contributed by atoms with Crippen LogP contribution in [0.3, 0.4) is 0 Å². The number of aryl methyl sites for hydroxylation is 2. The number of hydrogen-bond donors (Lipinski definition) is 1. The Hall–Kier alpha value is -3.38. The second-order valence-electron chi connectivity index (χ2n) is 8.13. The van der Waals surface area contributed by atoms with Gasteiger partial charge in [-0.3, -0.25) is 9.69 Å². The largest absolute Gasteiger partial charge is 0.486 e. The number of ether oxygens (including phenoxy) is 1. The summed E-state index contributed by atoms with van der Waals surface area (Å²) in [5, 5.41) is 3.41. The van der Waals surface area contributed by atoms with Gasteiger partial charge in [0, 0.05) is 6.08 Å². The zero-order valence-corrected chi connectivity index (χ0v) is 18.7. The minimum absolute atomic E-state index is 0.164. The molecule has 2 aliphatic rings. The number of nitrogens with zero attached hydrogens (tertiary/aromatic N) is 1. The minimum Gasteiger partial charge on any atom is -0.486 e. The Morgan fingerprint density at radius 3 is 2.78 bits per heavy atom. The Morgan fingerprint density at radius 1 is 1.12 bits per heavy atom. The second kappa shape index (κ2) is 8.63. The van der Waals surface area contributed by atoms with Crippen LogP contribution < -0.4 is 10.1 Å². The number of hydrogen-bond acceptors (Lipinski definition) is 4. The average molecular weight is 445 g/mol. The van der Waals surface area contributed by atoms with Crippen molar-refractivity contribution in [2.24, 2.45) is 0 Å². The van der Waals surface area contributed by atoms with Gasteiger partial charge in [-0.15, -0.1) is 0 Å². The Kier molecular flexibility index (Phi) is 5.53. The van der Waals surface area contributed by atoms with E-state index in [9.17, 15) is 4.79 Å². The summed E-state index contributed by atoms with van der Waals surface area (Å²) < 4.78 is 11.8. The van der Waals surface area contributed by atoms with Crippen molar-refractivity contribution < 1.29 is 13.9 Å². The molecular weight excluding hydrogens is 420 g/mol. The molecule has 5 rings (SSSR count). The molecule has 1 amide bonds. The number of fused-ring (bicyclic) bond motifs is 1. The van der Waals surface area contributed by atoms with Crippen LogP contribution >= 0.6 is 12.2 Å². The Morgan fingerprint density at radius 2 is 1.94 bits per heavy atom. The Balaban J connectivity index is 1.26. The molecule has 6 heteroatoms. The first-order chi connectivity index (χ1) is 15.6. The first-order valence-corrected chi connectivity index (χ1v) is 11.2. The van der Waals surface area contributed by atoms with Crippen LogP contribution in [0.2, 0.25) is 0 Å². The van der Waals surface area contributed by atoms with Crippen LogP contribution in [0.4, 0.5) is 0 Å². The van der Waals surface area contributed by atoms with Crippen LogP contribution in [0.25, 0.3) is 6.08 Å². The van der Waals surface area contributed by atoms with Crippen molar-refractivity contribution in [3.8, 4) is 5.75 Å². The molecule has 32 heavy (non-hydrogen) atoms. The van der Waals surface area contributed by atoms with Crippen LogP contribution in [0.1, 0.15) is 47.6 Å². The van der Waals surface area contributed by atoms with E-state index in [0.29, 0.717) is 28.9 Å².